The van der Waals surface area contributed by atoms with Gasteiger partial charge in [-0.3, -0.25) is 9.80 Å². The molecule has 0 saturated carbocycles. The lowest BCUT2D eigenvalue weighted by Gasteiger charge is -2.44. The maximum atomic E-state index is 9.87. The first-order chi connectivity index (χ1) is 19.0. The van der Waals surface area contributed by atoms with Gasteiger partial charge in [-0.05, 0) is 81.5 Å². The summed E-state index contributed by atoms with van der Waals surface area (Å²) in [5.74, 6) is 0.257. The molecule has 2 aliphatic heterocycles. The number of pyridine rings is 1. The van der Waals surface area contributed by atoms with Gasteiger partial charge in [-0.25, -0.2) is 9.67 Å². The van der Waals surface area contributed by atoms with Gasteiger partial charge in [0, 0.05) is 55.8 Å². The second-order valence-electron chi connectivity index (χ2n) is 11.3. The number of benzene rings is 2. The average Bonchev–Trinajstić information content (AvgIpc) is 3.29. The molecular formula is C32H39N5O2. The fourth-order valence-corrected chi connectivity index (χ4v) is 6.17. The third-order valence-corrected chi connectivity index (χ3v) is 8.36. The number of aromatic nitrogens is 3. The highest BCUT2D eigenvalue weighted by Gasteiger charge is 2.30. The summed E-state index contributed by atoms with van der Waals surface area (Å²) >= 11 is 0. The number of phenols is 1. The van der Waals surface area contributed by atoms with Gasteiger partial charge < -0.3 is 9.84 Å². The van der Waals surface area contributed by atoms with E-state index in [2.05, 4.69) is 67.0 Å². The van der Waals surface area contributed by atoms with E-state index in [9.17, 15) is 5.11 Å². The molecule has 7 nitrogen and oxygen atoms in total. The number of aromatic hydroxyl groups is 1. The van der Waals surface area contributed by atoms with E-state index in [0.717, 1.165) is 80.0 Å². The van der Waals surface area contributed by atoms with E-state index in [0.29, 0.717) is 12.1 Å². The van der Waals surface area contributed by atoms with E-state index >= 15 is 0 Å². The van der Waals surface area contributed by atoms with Crippen molar-refractivity contribution in [1.29, 1.82) is 0 Å². The molecule has 1 N–H and O–H groups in total. The summed E-state index contributed by atoms with van der Waals surface area (Å²) in [6.07, 6.45) is 3.11. The normalized spacial score (nSPS) is 22.9. The first-order valence-corrected chi connectivity index (χ1v) is 14.3. The van der Waals surface area contributed by atoms with Crippen molar-refractivity contribution in [3.63, 3.8) is 0 Å². The van der Waals surface area contributed by atoms with Crippen molar-refractivity contribution in [2.24, 2.45) is 0 Å². The van der Waals surface area contributed by atoms with Crippen molar-refractivity contribution < 1.29 is 9.84 Å². The lowest BCUT2D eigenvalue weighted by molar-refractivity contribution is -0.0371. The van der Waals surface area contributed by atoms with Gasteiger partial charge in [-0.1, -0.05) is 30.3 Å². The average molecular weight is 526 g/mol. The van der Waals surface area contributed by atoms with Gasteiger partial charge in [-0.15, -0.1) is 0 Å². The molecule has 204 valence electrons. The molecular weight excluding hydrogens is 486 g/mol. The SMILES string of the molecule is Cc1nn(C2CCCCO2)c2nc(-c3ccc(O)cc3)cc(CN3C[C@@H](C)N(Cc4ccccc4)C[C@@H]3C)c12. The molecule has 2 aromatic heterocycles. The van der Waals surface area contributed by atoms with Gasteiger partial charge in [0.2, 0.25) is 0 Å². The number of piperazine rings is 1. The Morgan fingerprint density at radius 2 is 1.64 bits per heavy atom. The van der Waals surface area contributed by atoms with Gasteiger partial charge in [0.15, 0.2) is 11.9 Å². The zero-order valence-electron chi connectivity index (χ0n) is 23.3. The van der Waals surface area contributed by atoms with E-state index in [1.165, 1.54) is 11.1 Å². The van der Waals surface area contributed by atoms with Crippen molar-refractivity contribution in [3.8, 4) is 17.0 Å². The summed E-state index contributed by atoms with van der Waals surface area (Å²) in [6.45, 7) is 11.4. The second-order valence-corrected chi connectivity index (χ2v) is 11.3. The van der Waals surface area contributed by atoms with Gasteiger partial charge in [-0.2, -0.15) is 5.10 Å². The third kappa shape index (κ3) is 5.44. The Balaban J connectivity index is 1.33. The van der Waals surface area contributed by atoms with Crippen molar-refractivity contribution in [3.05, 3.63) is 77.5 Å². The minimum atomic E-state index is -0.0779. The topological polar surface area (TPSA) is 66.7 Å². The first-order valence-electron chi connectivity index (χ1n) is 14.3. The maximum Gasteiger partial charge on any atom is 0.161 e. The Labute approximate surface area is 231 Å². The Morgan fingerprint density at radius 3 is 2.33 bits per heavy atom. The van der Waals surface area contributed by atoms with Crippen LogP contribution in [0.15, 0.2) is 60.7 Å². The zero-order chi connectivity index (χ0) is 26.9. The molecule has 0 spiro atoms. The number of phenolic OH excluding ortho intramolecular Hbond substituents is 1. The number of ether oxygens (including phenoxy) is 1. The molecule has 0 radical (unpaired) electrons. The molecule has 4 aromatic rings. The summed E-state index contributed by atoms with van der Waals surface area (Å²) in [6, 6.07) is 21.2. The summed E-state index contributed by atoms with van der Waals surface area (Å²) in [4.78, 5) is 10.3. The standard InChI is InChI=1S/C32H39N5O2/c1-22-19-36(23(2)18-35(22)20-25-9-5-4-6-10-25)21-27-17-29(26-12-14-28(38)15-13-26)33-32-31(27)24(3)34-37(32)30-11-7-8-16-39-30/h4-6,9-10,12-15,17,22-23,30,38H,7-8,11,16,18-21H2,1-3H3/t22-,23+,30?/m1/s1. The molecule has 2 aliphatic rings. The van der Waals surface area contributed by atoms with E-state index in [1.54, 1.807) is 12.1 Å². The summed E-state index contributed by atoms with van der Waals surface area (Å²) < 4.78 is 8.15. The lowest BCUT2D eigenvalue weighted by Crippen LogP contribution is -2.55. The van der Waals surface area contributed by atoms with Crippen LogP contribution in [0.25, 0.3) is 22.3 Å². The predicted molar refractivity (Wildman–Crippen MR) is 154 cm³/mol. The quantitative estimate of drug-likeness (QED) is 0.338. The van der Waals surface area contributed by atoms with Crippen LogP contribution >= 0.6 is 0 Å². The van der Waals surface area contributed by atoms with Crippen LogP contribution in [0.1, 0.15) is 56.2 Å². The Morgan fingerprint density at radius 1 is 0.923 bits per heavy atom. The Kier molecular flexibility index (Phi) is 7.38. The minimum Gasteiger partial charge on any atom is -0.508 e. The van der Waals surface area contributed by atoms with Crippen LogP contribution in [0.2, 0.25) is 0 Å². The monoisotopic (exact) mass is 525 g/mol. The van der Waals surface area contributed by atoms with E-state index in [-0.39, 0.29) is 12.0 Å². The molecule has 4 heterocycles. The van der Waals surface area contributed by atoms with Crippen LogP contribution in [-0.2, 0) is 17.8 Å². The lowest BCUT2D eigenvalue weighted by atomic mass is 10.0. The van der Waals surface area contributed by atoms with Crippen molar-refractivity contribution >= 4 is 11.0 Å². The van der Waals surface area contributed by atoms with Crippen LogP contribution in [0.3, 0.4) is 0 Å². The molecule has 2 fully saturated rings. The third-order valence-electron chi connectivity index (χ3n) is 8.36. The largest absolute Gasteiger partial charge is 0.508 e. The fraction of sp³-hybridized carbons (Fsp3) is 0.438. The molecule has 1 unspecified atom stereocenters. The van der Waals surface area contributed by atoms with Gasteiger partial charge >= 0.3 is 0 Å². The molecule has 3 atom stereocenters. The molecule has 7 heteroatoms. The van der Waals surface area contributed by atoms with Crippen LogP contribution in [0.4, 0.5) is 0 Å². The Hall–Kier alpha value is -3.26. The summed E-state index contributed by atoms with van der Waals surface area (Å²) in [5.41, 5.74) is 6.40. The van der Waals surface area contributed by atoms with Crippen molar-refractivity contribution in [2.45, 2.75) is 71.4 Å². The number of aryl methyl sites for hydroxylation is 1. The van der Waals surface area contributed by atoms with E-state index in [4.69, 9.17) is 14.8 Å². The minimum absolute atomic E-state index is 0.0779. The molecule has 2 saturated heterocycles. The molecule has 0 bridgehead atoms. The van der Waals surface area contributed by atoms with Crippen LogP contribution < -0.4 is 0 Å². The number of hydrogen-bond acceptors (Lipinski definition) is 6. The molecule has 39 heavy (non-hydrogen) atoms. The Bertz CT molecular complexity index is 1410. The van der Waals surface area contributed by atoms with Crippen molar-refractivity contribution in [1.82, 2.24) is 24.6 Å². The van der Waals surface area contributed by atoms with Crippen molar-refractivity contribution in [2.75, 3.05) is 19.7 Å². The van der Waals surface area contributed by atoms with E-state index in [1.807, 2.05) is 16.8 Å². The zero-order valence-corrected chi connectivity index (χ0v) is 23.3. The van der Waals surface area contributed by atoms with Crippen LogP contribution in [0, 0.1) is 6.92 Å². The summed E-state index contributed by atoms with van der Waals surface area (Å²) in [7, 11) is 0. The maximum absolute atomic E-state index is 9.87. The fourth-order valence-electron chi connectivity index (χ4n) is 6.17. The summed E-state index contributed by atoms with van der Waals surface area (Å²) in [5, 5.41) is 16.0. The molecule has 2 aromatic carbocycles. The predicted octanol–water partition coefficient (Wildman–Crippen LogP) is 5.91. The molecule has 0 amide bonds. The van der Waals surface area contributed by atoms with Crippen LogP contribution in [-0.4, -0.2) is 61.5 Å². The molecule has 0 aliphatic carbocycles. The van der Waals surface area contributed by atoms with E-state index < -0.39 is 0 Å². The number of rotatable bonds is 6. The highest BCUT2D eigenvalue weighted by molar-refractivity contribution is 5.85. The smallest absolute Gasteiger partial charge is 0.161 e. The second kappa shape index (κ2) is 11.1. The van der Waals surface area contributed by atoms with Gasteiger partial charge in [0.05, 0.1) is 11.4 Å². The van der Waals surface area contributed by atoms with Gasteiger partial charge in [0.1, 0.15) is 5.75 Å². The van der Waals surface area contributed by atoms with Crippen LogP contribution in [0.5, 0.6) is 5.75 Å². The number of fused-ring (bicyclic) bond motifs is 1. The highest BCUT2D eigenvalue weighted by atomic mass is 16.5. The highest BCUT2D eigenvalue weighted by Crippen LogP contribution is 2.33. The van der Waals surface area contributed by atoms with Gasteiger partial charge in [0.25, 0.3) is 0 Å². The first kappa shape index (κ1) is 26.0. The molecule has 6 rings (SSSR count). The number of hydrogen-bond donors (Lipinski definition) is 1. The number of nitrogens with zero attached hydrogens (tertiary/aromatic N) is 5.